The zero-order valence-corrected chi connectivity index (χ0v) is 14.9. The summed E-state index contributed by atoms with van der Waals surface area (Å²) in [5, 5.41) is 15.3. The Labute approximate surface area is 154 Å². The zero-order valence-electron chi connectivity index (χ0n) is 14.2. The molecule has 0 saturated heterocycles. The molecular weight excluding hydrogens is 368 g/mol. The van der Waals surface area contributed by atoms with Gasteiger partial charge in [-0.25, -0.2) is 9.59 Å². The first-order valence-corrected chi connectivity index (χ1v) is 7.94. The molecule has 0 aliphatic heterocycles. The lowest BCUT2D eigenvalue weighted by atomic mass is 10.0. The fourth-order valence-corrected chi connectivity index (χ4v) is 2.21. The number of carbonyl (C=O) groups is 3. The Morgan fingerprint density at radius 3 is 2.54 bits per heavy atom. The molecule has 0 fully saturated rings. The van der Waals surface area contributed by atoms with Crippen molar-refractivity contribution in [3.63, 3.8) is 0 Å². The third kappa shape index (κ3) is 6.93. The van der Waals surface area contributed by atoms with Gasteiger partial charge in [-0.1, -0.05) is 25.4 Å². The van der Waals surface area contributed by atoms with E-state index >= 15 is 0 Å². The molecule has 0 bridgehead atoms. The maximum Gasteiger partial charge on any atom is 0.329 e. The number of anilines is 1. The van der Waals surface area contributed by atoms with Gasteiger partial charge in [0.1, 0.15) is 11.1 Å². The molecule has 142 valence electrons. The summed E-state index contributed by atoms with van der Waals surface area (Å²) in [6, 6.07) is 1.85. The topological polar surface area (TPSA) is 154 Å². The van der Waals surface area contributed by atoms with E-state index < -0.39 is 35.5 Å². The van der Waals surface area contributed by atoms with Crippen molar-refractivity contribution in [1.82, 2.24) is 5.32 Å². The Morgan fingerprint density at radius 1 is 1.35 bits per heavy atom. The molecule has 1 aromatic carbocycles. The van der Waals surface area contributed by atoms with Crippen LogP contribution in [-0.4, -0.2) is 35.5 Å². The number of amides is 3. The number of urea groups is 1. The van der Waals surface area contributed by atoms with Crippen LogP contribution in [0.4, 0.5) is 16.2 Å². The first kappa shape index (κ1) is 21.2. The quantitative estimate of drug-likeness (QED) is 0.351. The van der Waals surface area contributed by atoms with Crippen molar-refractivity contribution in [2.75, 3.05) is 11.9 Å². The highest BCUT2D eigenvalue weighted by Crippen LogP contribution is 2.27. The molecule has 1 aromatic rings. The standard InChI is InChI=1S/C15H19ClN4O6/c1-8(2)5-11(19-15(17)23)14(22)26-7-13(21)18-9-3-4-10(16)12(6-9)20(24)25/h3-4,6,8,11H,5,7H2,1-2H3,(H,18,21)(H3,17,19,23)/t11-/m0/s1. The Balaban J connectivity index is 2.65. The van der Waals surface area contributed by atoms with E-state index in [1.807, 2.05) is 13.8 Å². The number of hydrogen-bond donors (Lipinski definition) is 3. The average molecular weight is 387 g/mol. The van der Waals surface area contributed by atoms with Crippen LogP contribution in [0.2, 0.25) is 5.02 Å². The molecule has 1 atom stereocenters. The van der Waals surface area contributed by atoms with E-state index in [1.54, 1.807) is 0 Å². The highest BCUT2D eigenvalue weighted by Gasteiger charge is 2.23. The number of benzene rings is 1. The van der Waals surface area contributed by atoms with Gasteiger partial charge in [0.05, 0.1) is 4.92 Å². The normalized spacial score (nSPS) is 11.5. The van der Waals surface area contributed by atoms with E-state index in [1.165, 1.54) is 12.1 Å². The number of ether oxygens (including phenoxy) is 1. The van der Waals surface area contributed by atoms with E-state index in [0.717, 1.165) is 6.07 Å². The minimum Gasteiger partial charge on any atom is -0.454 e. The number of halogens is 1. The van der Waals surface area contributed by atoms with Gasteiger partial charge in [0.2, 0.25) is 0 Å². The van der Waals surface area contributed by atoms with Crippen molar-refractivity contribution in [3.05, 3.63) is 33.3 Å². The molecule has 0 heterocycles. The third-order valence-corrected chi connectivity index (χ3v) is 3.40. The molecule has 11 heteroatoms. The van der Waals surface area contributed by atoms with E-state index in [-0.39, 0.29) is 28.7 Å². The molecule has 0 aromatic heterocycles. The summed E-state index contributed by atoms with van der Waals surface area (Å²) in [5.41, 5.74) is 4.76. The molecule has 1 rings (SSSR count). The zero-order chi connectivity index (χ0) is 19.9. The highest BCUT2D eigenvalue weighted by atomic mass is 35.5. The second-order valence-corrected chi connectivity index (χ2v) is 6.18. The average Bonchev–Trinajstić information content (AvgIpc) is 2.52. The van der Waals surface area contributed by atoms with Gasteiger partial charge in [0.15, 0.2) is 6.61 Å². The first-order chi connectivity index (χ1) is 12.1. The van der Waals surface area contributed by atoms with Gasteiger partial charge < -0.3 is 21.1 Å². The number of rotatable bonds is 8. The van der Waals surface area contributed by atoms with Crippen LogP contribution >= 0.6 is 11.6 Å². The lowest BCUT2D eigenvalue weighted by Gasteiger charge is -2.18. The summed E-state index contributed by atoms with van der Waals surface area (Å²) >= 11 is 5.68. The molecule has 0 aliphatic rings. The Bertz CT molecular complexity index is 709. The summed E-state index contributed by atoms with van der Waals surface area (Å²) < 4.78 is 4.86. The summed E-state index contributed by atoms with van der Waals surface area (Å²) in [6.45, 7) is 3.04. The number of carbonyl (C=O) groups excluding carboxylic acids is 3. The first-order valence-electron chi connectivity index (χ1n) is 7.56. The number of nitro benzene ring substituents is 1. The van der Waals surface area contributed by atoms with E-state index in [9.17, 15) is 24.5 Å². The van der Waals surface area contributed by atoms with Gasteiger partial charge in [-0.2, -0.15) is 0 Å². The lowest BCUT2D eigenvalue weighted by molar-refractivity contribution is -0.384. The van der Waals surface area contributed by atoms with Crippen LogP contribution in [0.1, 0.15) is 20.3 Å². The number of primary amides is 1. The number of esters is 1. The summed E-state index contributed by atoms with van der Waals surface area (Å²) in [5.74, 6) is -1.45. The predicted octanol–water partition coefficient (Wildman–Crippen LogP) is 1.81. The SMILES string of the molecule is CC(C)C[C@H](NC(N)=O)C(=O)OCC(=O)Nc1ccc(Cl)c([N+](=O)[O-])c1. The smallest absolute Gasteiger partial charge is 0.329 e. The molecular formula is C15H19ClN4O6. The van der Waals surface area contributed by atoms with Gasteiger partial charge in [-0.3, -0.25) is 14.9 Å². The van der Waals surface area contributed by atoms with Gasteiger partial charge in [-0.15, -0.1) is 0 Å². The molecule has 0 spiro atoms. The molecule has 0 unspecified atom stereocenters. The van der Waals surface area contributed by atoms with Crippen LogP contribution in [0, 0.1) is 16.0 Å². The molecule has 4 N–H and O–H groups in total. The second-order valence-electron chi connectivity index (χ2n) is 5.77. The Morgan fingerprint density at radius 2 is 2.00 bits per heavy atom. The van der Waals surface area contributed by atoms with Crippen molar-refractivity contribution in [1.29, 1.82) is 0 Å². The van der Waals surface area contributed by atoms with Crippen LogP contribution in [0.3, 0.4) is 0 Å². The van der Waals surface area contributed by atoms with Crippen molar-refractivity contribution in [2.45, 2.75) is 26.3 Å². The maximum absolute atomic E-state index is 12.0. The van der Waals surface area contributed by atoms with Crippen LogP contribution in [0.5, 0.6) is 0 Å². The van der Waals surface area contributed by atoms with Gasteiger partial charge in [-0.05, 0) is 24.5 Å². The van der Waals surface area contributed by atoms with Crippen LogP contribution in [0.15, 0.2) is 18.2 Å². The molecule has 3 amide bonds. The summed E-state index contributed by atoms with van der Waals surface area (Å²) in [7, 11) is 0. The predicted molar refractivity (Wildman–Crippen MR) is 93.7 cm³/mol. The van der Waals surface area contributed by atoms with Gasteiger partial charge in [0, 0.05) is 11.8 Å². The fraction of sp³-hybridized carbons (Fsp3) is 0.400. The molecule has 0 aliphatic carbocycles. The van der Waals surface area contributed by atoms with E-state index in [4.69, 9.17) is 22.1 Å². The molecule has 0 saturated carbocycles. The third-order valence-electron chi connectivity index (χ3n) is 3.08. The number of nitrogens with one attached hydrogen (secondary N) is 2. The molecule has 10 nitrogen and oxygen atoms in total. The molecule has 26 heavy (non-hydrogen) atoms. The number of nitrogens with two attached hydrogens (primary N) is 1. The minimum absolute atomic E-state index is 0.0721. The second kappa shape index (κ2) is 9.56. The van der Waals surface area contributed by atoms with E-state index in [2.05, 4.69) is 10.6 Å². The van der Waals surface area contributed by atoms with Gasteiger partial charge in [0.25, 0.3) is 11.6 Å². The van der Waals surface area contributed by atoms with Crippen molar-refractivity contribution >= 4 is 40.9 Å². The fourth-order valence-electron chi connectivity index (χ4n) is 2.02. The summed E-state index contributed by atoms with van der Waals surface area (Å²) in [6.07, 6.45) is 0.284. The Kier molecular flexibility index (Phi) is 7.78. The van der Waals surface area contributed by atoms with Crippen molar-refractivity contribution < 1.29 is 24.0 Å². The molecule has 0 radical (unpaired) electrons. The van der Waals surface area contributed by atoms with E-state index in [0.29, 0.717) is 0 Å². The maximum atomic E-state index is 12.0. The highest BCUT2D eigenvalue weighted by molar-refractivity contribution is 6.32. The largest absolute Gasteiger partial charge is 0.454 e. The van der Waals surface area contributed by atoms with Crippen LogP contribution in [0.25, 0.3) is 0 Å². The monoisotopic (exact) mass is 386 g/mol. The van der Waals surface area contributed by atoms with Crippen LogP contribution < -0.4 is 16.4 Å². The number of nitro groups is 1. The van der Waals surface area contributed by atoms with Crippen molar-refractivity contribution in [3.8, 4) is 0 Å². The van der Waals surface area contributed by atoms with Gasteiger partial charge >= 0.3 is 12.0 Å². The minimum atomic E-state index is -0.975. The van der Waals surface area contributed by atoms with Crippen molar-refractivity contribution in [2.24, 2.45) is 11.7 Å². The lowest BCUT2D eigenvalue weighted by Crippen LogP contribution is -2.45. The number of nitrogens with zero attached hydrogens (tertiary/aromatic N) is 1. The van der Waals surface area contributed by atoms with Crippen LogP contribution in [-0.2, 0) is 14.3 Å². The number of hydrogen-bond acceptors (Lipinski definition) is 6. The summed E-state index contributed by atoms with van der Waals surface area (Å²) in [4.78, 5) is 44.9. The Hall–Kier alpha value is -2.88.